The van der Waals surface area contributed by atoms with Crippen LogP contribution in [0.3, 0.4) is 0 Å². The van der Waals surface area contributed by atoms with Crippen LogP contribution in [0, 0.1) is 0 Å². The van der Waals surface area contributed by atoms with Crippen molar-refractivity contribution in [3.8, 4) is 0 Å². The lowest BCUT2D eigenvalue weighted by Crippen LogP contribution is -2.12. The molecule has 0 aliphatic rings. The minimum absolute atomic E-state index is 0.640. The molecule has 4 nitrogen and oxygen atoms in total. The molecule has 0 amide bonds. The molecule has 36 heavy (non-hydrogen) atoms. The Bertz CT molecular complexity index is 1320. The lowest BCUT2D eigenvalue weighted by atomic mass is 10.1. The first kappa shape index (κ1) is 22.8. The quantitative estimate of drug-likeness (QED) is 0.215. The summed E-state index contributed by atoms with van der Waals surface area (Å²) in [7, 11) is 0. The largest absolute Gasteiger partial charge is 0.311 e. The Morgan fingerprint density at radius 1 is 0.333 bits per heavy atom. The molecule has 0 bridgehead atoms. The molecule has 5 aromatic rings. The van der Waals surface area contributed by atoms with Crippen LogP contribution in [-0.4, -0.2) is 12.6 Å². The molecule has 0 aliphatic carbocycles. The highest BCUT2D eigenvalue weighted by molar-refractivity contribution is 5.83. The van der Waals surface area contributed by atoms with Crippen molar-refractivity contribution in [2.75, 3.05) is 9.80 Å². The maximum Gasteiger partial charge on any atom is 0.150 e. The van der Waals surface area contributed by atoms with E-state index in [1.807, 2.05) is 84.9 Å². The molecule has 0 spiro atoms. The fraction of sp³-hybridized carbons (Fsp3) is 0. The van der Waals surface area contributed by atoms with Gasteiger partial charge in [0.05, 0.1) is 0 Å². The Kier molecular flexibility index (Phi) is 6.68. The molecular weight excluding hydrogens is 444 g/mol. The van der Waals surface area contributed by atoms with E-state index in [1.165, 1.54) is 0 Å². The highest BCUT2D eigenvalue weighted by Crippen LogP contribution is 2.38. The lowest BCUT2D eigenvalue weighted by molar-refractivity contribution is 0.111. The van der Waals surface area contributed by atoms with E-state index >= 15 is 0 Å². The third-order valence-electron chi connectivity index (χ3n) is 5.97. The Morgan fingerprint density at radius 3 is 0.861 bits per heavy atom. The van der Waals surface area contributed by atoms with E-state index in [1.54, 1.807) is 0 Å². The van der Waals surface area contributed by atoms with Crippen LogP contribution in [-0.2, 0) is 0 Å². The topological polar surface area (TPSA) is 40.6 Å². The molecule has 0 aliphatic heterocycles. The Labute approximate surface area is 210 Å². The van der Waals surface area contributed by atoms with E-state index in [9.17, 15) is 9.59 Å². The summed E-state index contributed by atoms with van der Waals surface area (Å²) in [6, 6.07) is 43.8. The average Bonchev–Trinajstić information content (AvgIpc) is 2.96. The number of benzene rings is 5. The number of anilines is 6. The van der Waals surface area contributed by atoms with Crippen molar-refractivity contribution in [1.82, 2.24) is 0 Å². The third-order valence-corrected chi connectivity index (χ3v) is 5.97. The van der Waals surface area contributed by atoms with E-state index < -0.39 is 0 Å². The van der Waals surface area contributed by atoms with Crippen LogP contribution in [0.25, 0.3) is 0 Å². The summed E-state index contributed by atoms with van der Waals surface area (Å²) >= 11 is 0. The standard InChI is InChI=1S/C32H24N2O2/c35-23-25-11-15-29(16-12-25)33(27-7-3-1-4-8-27)31-19-21-32(22-20-31)34(28-9-5-2-6-10-28)30-17-13-26(24-36)14-18-30/h1-24H. The van der Waals surface area contributed by atoms with Crippen molar-refractivity contribution in [3.63, 3.8) is 0 Å². The van der Waals surface area contributed by atoms with Crippen molar-refractivity contribution in [2.45, 2.75) is 0 Å². The van der Waals surface area contributed by atoms with E-state index in [4.69, 9.17) is 0 Å². The summed E-state index contributed by atoms with van der Waals surface area (Å²) in [5.41, 5.74) is 7.23. The summed E-state index contributed by atoms with van der Waals surface area (Å²) < 4.78 is 0. The summed E-state index contributed by atoms with van der Waals surface area (Å²) in [6.07, 6.45) is 1.70. The molecule has 4 heteroatoms. The van der Waals surface area contributed by atoms with Crippen molar-refractivity contribution in [1.29, 1.82) is 0 Å². The predicted molar refractivity (Wildman–Crippen MR) is 147 cm³/mol. The average molecular weight is 469 g/mol. The number of hydrogen-bond acceptors (Lipinski definition) is 4. The van der Waals surface area contributed by atoms with E-state index in [-0.39, 0.29) is 0 Å². The highest BCUT2D eigenvalue weighted by Gasteiger charge is 2.15. The molecule has 0 unspecified atom stereocenters. The number of hydrogen-bond donors (Lipinski definition) is 0. The maximum absolute atomic E-state index is 11.2. The van der Waals surface area contributed by atoms with Gasteiger partial charge in [-0.15, -0.1) is 0 Å². The number of para-hydroxylation sites is 2. The van der Waals surface area contributed by atoms with Crippen LogP contribution < -0.4 is 9.80 Å². The lowest BCUT2D eigenvalue weighted by Gasteiger charge is -2.28. The molecule has 0 radical (unpaired) electrons. The minimum atomic E-state index is 0.640. The summed E-state index contributed by atoms with van der Waals surface area (Å²) in [5.74, 6) is 0. The molecule has 5 aromatic carbocycles. The Hall–Kier alpha value is -4.96. The monoisotopic (exact) mass is 468 g/mol. The molecule has 0 saturated heterocycles. The van der Waals surface area contributed by atoms with Gasteiger partial charge in [-0.2, -0.15) is 0 Å². The molecule has 0 N–H and O–H groups in total. The van der Waals surface area contributed by atoms with Crippen LogP contribution in [0.4, 0.5) is 34.1 Å². The minimum Gasteiger partial charge on any atom is -0.311 e. The fourth-order valence-corrected chi connectivity index (χ4v) is 4.20. The molecule has 0 aromatic heterocycles. The normalized spacial score (nSPS) is 10.4. The van der Waals surface area contributed by atoms with Crippen molar-refractivity contribution >= 4 is 46.7 Å². The number of carbonyl (C=O) groups excluding carboxylic acids is 2. The molecular formula is C32H24N2O2. The first-order valence-electron chi connectivity index (χ1n) is 11.7. The number of carbonyl (C=O) groups is 2. The summed E-state index contributed by atoms with van der Waals surface area (Å²) in [6.45, 7) is 0. The number of nitrogens with zero attached hydrogens (tertiary/aromatic N) is 2. The van der Waals surface area contributed by atoms with Crippen molar-refractivity contribution in [3.05, 3.63) is 145 Å². The van der Waals surface area contributed by atoms with E-state index in [0.717, 1.165) is 46.7 Å². The zero-order valence-electron chi connectivity index (χ0n) is 19.6. The van der Waals surface area contributed by atoms with Crippen LogP contribution in [0.5, 0.6) is 0 Å². The zero-order chi connectivity index (χ0) is 24.7. The first-order valence-corrected chi connectivity index (χ1v) is 11.7. The SMILES string of the molecule is O=Cc1ccc(N(c2ccccc2)c2ccc(N(c3ccccc3)c3ccc(C=O)cc3)cc2)cc1. The van der Waals surface area contributed by atoms with Gasteiger partial charge in [-0.3, -0.25) is 9.59 Å². The van der Waals surface area contributed by atoms with Gasteiger partial charge >= 0.3 is 0 Å². The highest BCUT2D eigenvalue weighted by atomic mass is 16.1. The van der Waals surface area contributed by atoms with Crippen molar-refractivity contribution in [2.24, 2.45) is 0 Å². The Balaban J connectivity index is 1.56. The van der Waals surface area contributed by atoms with Gasteiger partial charge in [0.2, 0.25) is 0 Å². The second kappa shape index (κ2) is 10.5. The Morgan fingerprint density at radius 2 is 0.583 bits per heavy atom. The van der Waals surface area contributed by atoms with Gasteiger partial charge in [0.1, 0.15) is 12.6 Å². The van der Waals surface area contributed by atoms with Gasteiger partial charge in [-0.25, -0.2) is 0 Å². The molecule has 174 valence electrons. The maximum atomic E-state index is 11.2. The van der Waals surface area contributed by atoms with Crippen LogP contribution >= 0.6 is 0 Å². The number of rotatable bonds is 8. The van der Waals surface area contributed by atoms with E-state index in [2.05, 4.69) is 58.3 Å². The molecule has 0 heterocycles. The van der Waals surface area contributed by atoms with Crippen LogP contribution in [0.1, 0.15) is 20.7 Å². The second-order valence-electron chi connectivity index (χ2n) is 8.28. The molecule has 0 fully saturated rings. The van der Waals surface area contributed by atoms with Gasteiger partial charge < -0.3 is 9.80 Å². The van der Waals surface area contributed by atoms with Gasteiger partial charge in [0, 0.05) is 45.3 Å². The molecule has 0 atom stereocenters. The van der Waals surface area contributed by atoms with E-state index in [0.29, 0.717) is 11.1 Å². The predicted octanol–water partition coefficient (Wildman–Crippen LogP) is 8.25. The molecule has 5 rings (SSSR count). The summed E-state index contributed by atoms with van der Waals surface area (Å²) in [5, 5.41) is 0. The van der Waals surface area contributed by atoms with Crippen molar-refractivity contribution < 1.29 is 9.59 Å². The summed E-state index contributed by atoms with van der Waals surface area (Å²) in [4.78, 5) is 26.6. The smallest absolute Gasteiger partial charge is 0.150 e. The third kappa shape index (κ3) is 4.79. The molecule has 0 saturated carbocycles. The first-order chi connectivity index (χ1) is 17.8. The number of aldehydes is 2. The van der Waals surface area contributed by atoms with Gasteiger partial charge in [0.15, 0.2) is 0 Å². The zero-order valence-corrected chi connectivity index (χ0v) is 19.6. The van der Waals surface area contributed by atoms with Gasteiger partial charge in [0.25, 0.3) is 0 Å². The van der Waals surface area contributed by atoms with Gasteiger partial charge in [-0.05, 0) is 97.1 Å². The van der Waals surface area contributed by atoms with Crippen LogP contribution in [0.15, 0.2) is 133 Å². The van der Waals surface area contributed by atoms with Gasteiger partial charge in [-0.1, -0.05) is 36.4 Å². The second-order valence-corrected chi connectivity index (χ2v) is 8.28. The van der Waals surface area contributed by atoms with Crippen LogP contribution in [0.2, 0.25) is 0 Å². The fourth-order valence-electron chi connectivity index (χ4n) is 4.20.